The lowest BCUT2D eigenvalue weighted by Crippen LogP contribution is -2.28. The Morgan fingerprint density at radius 1 is 0.875 bits per heavy atom. The lowest BCUT2D eigenvalue weighted by Gasteiger charge is -2.06. The number of phenolic OH excluding ortho intramolecular Hbond substituents is 1. The van der Waals surface area contributed by atoms with Crippen molar-refractivity contribution in [3.05, 3.63) is 29.8 Å². The molecular weight excluding hydrogens is 312 g/mol. The fraction of sp³-hybridized carbons (Fsp3) is 0.471. The molecular formula is C17H24N2O5. The second kappa shape index (κ2) is 11.0. The zero-order valence-corrected chi connectivity index (χ0v) is 13.6. The summed E-state index contributed by atoms with van der Waals surface area (Å²) in [6.07, 6.45) is 4.73. The Morgan fingerprint density at radius 3 is 2.17 bits per heavy atom. The van der Waals surface area contributed by atoms with Crippen LogP contribution >= 0.6 is 0 Å². The van der Waals surface area contributed by atoms with Crippen molar-refractivity contribution in [3.8, 4) is 5.75 Å². The number of hydrogen-bond donors (Lipinski definition) is 4. The van der Waals surface area contributed by atoms with Crippen molar-refractivity contribution in [1.29, 1.82) is 0 Å². The summed E-state index contributed by atoms with van der Waals surface area (Å²) in [5, 5.41) is 22.7. The molecule has 7 heteroatoms. The smallest absolute Gasteiger partial charge is 0.322 e. The number of aromatic hydroxyl groups is 1. The van der Waals surface area contributed by atoms with E-state index in [4.69, 9.17) is 10.2 Å². The third-order valence-corrected chi connectivity index (χ3v) is 3.43. The number of carboxylic acids is 1. The Hall–Kier alpha value is -2.57. The average Bonchev–Trinajstić information content (AvgIpc) is 2.55. The van der Waals surface area contributed by atoms with Gasteiger partial charge in [-0.05, 0) is 37.1 Å². The molecule has 1 rings (SSSR count). The van der Waals surface area contributed by atoms with Crippen LogP contribution in [0, 0.1) is 0 Å². The van der Waals surface area contributed by atoms with E-state index in [0.717, 1.165) is 32.1 Å². The zero-order chi connectivity index (χ0) is 17.8. The first kappa shape index (κ1) is 19.5. The first-order valence-corrected chi connectivity index (χ1v) is 8.05. The average molecular weight is 336 g/mol. The predicted molar refractivity (Wildman–Crippen MR) is 88.8 cm³/mol. The second-order valence-corrected chi connectivity index (χ2v) is 5.49. The van der Waals surface area contributed by atoms with Gasteiger partial charge in [0.05, 0.1) is 0 Å². The molecule has 132 valence electrons. The molecule has 0 aliphatic heterocycles. The number of aliphatic carboxylic acids is 1. The van der Waals surface area contributed by atoms with Gasteiger partial charge in [0.2, 0.25) is 5.91 Å². The fourth-order valence-electron chi connectivity index (χ4n) is 2.12. The maximum absolute atomic E-state index is 11.8. The highest BCUT2D eigenvalue weighted by Crippen LogP contribution is 2.09. The molecule has 4 N–H and O–H groups in total. The topological polar surface area (TPSA) is 116 Å². The van der Waals surface area contributed by atoms with Crippen LogP contribution in [-0.4, -0.2) is 41.1 Å². The molecule has 24 heavy (non-hydrogen) atoms. The predicted octanol–water partition coefficient (Wildman–Crippen LogP) is 1.66. The molecule has 7 nitrogen and oxygen atoms in total. The third-order valence-electron chi connectivity index (χ3n) is 3.43. The maximum atomic E-state index is 11.8. The zero-order valence-electron chi connectivity index (χ0n) is 13.6. The van der Waals surface area contributed by atoms with Gasteiger partial charge in [0, 0.05) is 18.5 Å². The highest BCUT2D eigenvalue weighted by molar-refractivity contribution is 5.94. The van der Waals surface area contributed by atoms with Crippen LogP contribution in [0.5, 0.6) is 5.75 Å². The highest BCUT2D eigenvalue weighted by atomic mass is 16.4. The molecule has 0 saturated heterocycles. The molecule has 0 saturated carbocycles. The van der Waals surface area contributed by atoms with Gasteiger partial charge in [-0.1, -0.05) is 19.3 Å². The van der Waals surface area contributed by atoms with Crippen molar-refractivity contribution < 1.29 is 24.6 Å². The van der Waals surface area contributed by atoms with Crippen LogP contribution in [0.2, 0.25) is 0 Å². The lowest BCUT2D eigenvalue weighted by molar-refractivity contribution is -0.137. The summed E-state index contributed by atoms with van der Waals surface area (Å²) in [7, 11) is 0. The van der Waals surface area contributed by atoms with Crippen molar-refractivity contribution in [3.63, 3.8) is 0 Å². The van der Waals surface area contributed by atoms with Crippen LogP contribution < -0.4 is 10.6 Å². The lowest BCUT2D eigenvalue weighted by atomic mass is 10.1. The molecule has 0 unspecified atom stereocenters. The molecule has 0 aliphatic carbocycles. The van der Waals surface area contributed by atoms with E-state index in [9.17, 15) is 14.4 Å². The first-order chi connectivity index (χ1) is 11.5. The number of nitrogens with one attached hydrogen (secondary N) is 2. The largest absolute Gasteiger partial charge is 0.508 e. The number of unbranched alkanes of at least 4 members (excludes halogenated alkanes) is 4. The summed E-state index contributed by atoms with van der Waals surface area (Å²) in [6.45, 7) is 0.248. The monoisotopic (exact) mass is 336 g/mol. The number of carboxylic acid groups (broad SMARTS) is 1. The molecule has 0 heterocycles. The summed E-state index contributed by atoms with van der Waals surface area (Å²) in [4.78, 5) is 33.4. The van der Waals surface area contributed by atoms with Crippen LogP contribution in [-0.2, 0) is 9.59 Å². The molecule has 1 aromatic rings. The van der Waals surface area contributed by atoms with E-state index >= 15 is 0 Å². The fourth-order valence-corrected chi connectivity index (χ4v) is 2.12. The molecule has 0 bridgehead atoms. The van der Waals surface area contributed by atoms with Gasteiger partial charge in [-0.2, -0.15) is 0 Å². The quantitative estimate of drug-likeness (QED) is 0.459. The summed E-state index contributed by atoms with van der Waals surface area (Å²) < 4.78 is 0. The van der Waals surface area contributed by atoms with Crippen LogP contribution in [0.4, 0.5) is 0 Å². The van der Waals surface area contributed by atoms with Crippen LogP contribution in [0.25, 0.3) is 0 Å². The Kier molecular flexibility index (Phi) is 8.96. The minimum absolute atomic E-state index is 0.128. The van der Waals surface area contributed by atoms with Crippen LogP contribution in [0.15, 0.2) is 24.3 Å². The summed E-state index contributed by atoms with van der Waals surface area (Å²) in [6, 6.07) is 6.09. The summed E-state index contributed by atoms with van der Waals surface area (Å²) in [5.74, 6) is -1.32. The van der Waals surface area contributed by atoms with E-state index in [-0.39, 0.29) is 24.1 Å². The second-order valence-electron chi connectivity index (χ2n) is 5.49. The van der Waals surface area contributed by atoms with Crippen molar-refractivity contribution in [2.75, 3.05) is 13.1 Å². The van der Waals surface area contributed by atoms with Crippen molar-refractivity contribution >= 4 is 17.8 Å². The summed E-state index contributed by atoms with van der Waals surface area (Å²) in [5.41, 5.74) is 0.514. The van der Waals surface area contributed by atoms with Gasteiger partial charge in [0.25, 0.3) is 5.91 Å². The van der Waals surface area contributed by atoms with Crippen molar-refractivity contribution in [1.82, 2.24) is 10.6 Å². The minimum Gasteiger partial charge on any atom is -0.508 e. The molecule has 1 aromatic carbocycles. The van der Waals surface area contributed by atoms with E-state index in [0.29, 0.717) is 18.5 Å². The SMILES string of the molecule is O=C(O)CNC(=O)CCCCCCCNC(=O)c1ccc(O)cc1. The van der Waals surface area contributed by atoms with E-state index in [1.54, 1.807) is 12.1 Å². The number of rotatable bonds is 11. The molecule has 0 aromatic heterocycles. The number of carbonyl (C=O) groups is 3. The number of benzene rings is 1. The standard InChI is InChI=1S/C17H24N2O5/c20-14-9-7-13(8-10-14)17(24)18-11-5-3-1-2-4-6-15(21)19-12-16(22)23/h7-10,20H,1-6,11-12H2,(H,18,24)(H,19,21)(H,22,23). The molecule has 0 spiro atoms. The number of carbonyl (C=O) groups excluding carboxylic acids is 2. The van der Waals surface area contributed by atoms with E-state index in [2.05, 4.69) is 10.6 Å². The Labute approximate surface area is 141 Å². The number of amides is 2. The Morgan fingerprint density at radius 2 is 1.50 bits per heavy atom. The van der Waals surface area contributed by atoms with E-state index in [1.165, 1.54) is 12.1 Å². The van der Waals surface area contributed by atoms with Crippen molar-refractivity contribution in [2.24, 2.45) is 0 Å². The van der Waals surface area contributed by atoms with Gasteiger partial charge in [-0.25, -0.2) is 0 Å². The summed E-state index contributed by atoms with van der Waals surface area (Å²) >= 11 is 0. The number of phenols is 1. The minimum atomic E-state index is -1.04. The van der Waals surface area contributed by atoms with E-state index < -0.39 is 5.97 Å². The maximum Gasteiger partial charge on any atom is 0.322 e. The van der Waals surface area contributed by atoms with Crippen LogP contribution in [0.3, 0.4) is 0 Å². The third kappa shape index (κ3) is 8.77. The number of hydrogen-bond acceptors (Lipinski definition) is 4. The van der Waals surface area contributed by atoms with Crippen LogP contribution in [0.1, 0.15) is 48.9 Å². The molecule has 2 amide bonds. The Bertz CT molecular complexity index is 542. The first-order valence-electron chi connectivity index (χ1n) is 8.05. The molecule has 0 aliphatic rings. The van der Waals surface area contributed by atoms with Crippen molar-refractivity contribution in [2.45, 2.75) is 38.5 Å². The molecule has 0 radical (unpaired) electrons. The van der Waals surface area contributed by atoms with Gasteiger partial charge in [0.15, 0.2) is 0 Å². The van der Waals surface area contributed by atoms with Gasteiger partial charge in [-0.3, -0.25) is 14.4 Å². The Balaban J connectivity index is 1.98. The highest BCUT2D eigenvalue weighted by Gasteiger charge is 2.05. The normalized spacial score (nSPS) is 10.2. The van der Waals surface area contributed by atoms with Gasteiger partial charge >= 0.3 is 5.97 Å². The van der Waals surface area contributed by atoms with E-state index in [1.807, 2.05) is 0 Å². The molecule has 0 fully saturated rings. The van der Waals surface area contributed by atoms with Gasteiger partial charge < -0.3 is 20.8 Å². The van der Waals surface area contributed by atoms with Gasteiger partial charge in [-0.15, -0.1) is 0 Å². The molecule has 0 atom stereocenters. The van der Waals surface area contributed by atoms with Gasteiger partial charge in [0.1, 0.15) is 12.3 Å².